The van der Waals surface area contributed by atoms with Crippen molar-refractivity contribution in [3.63, 3.8) is 0 Å². The van der Waals surface area contributed by atoms with Gasteiger partial charge in [-0.1, -0.05) is 12.1 Å². The topological polar surface area (TPSA) is 83.0 Å². The molecule has 1 heterocycles. The molecule has 1 aromatic heterocycles. The summed E-state index contributed by atoms with van der Waals surface area (Å²) in [5.74, 6) is 0.0883. The van der Waals surface area contributed by atoms with Crippen molar-refractivity contribution < 1.29 is 9.53 Å². The van der Waals surface area contributed by atoms with Crippen LogP contribution >= 0.6 is 0 Å². The highest BCUT2D eigenvalue weighted by atomic mass is 16.5. The minimum atomic E-state index is -0.418. The maximum absolute atomic E-state index is 11.2. The maximum atomic E-state index is 11.2. The van der Waals surface area contributed by atoms with Gasteiger partial charge in [0.05, 0.1) is 6.61 Å². The normalized spacial score (nSPS) is 10.8. The lowest BCUT2D eigenvalue weighted by Crippen LogP contribution is -2.00. The van der Waals surface area contributed by atoms with Gasteiger partial charge in [-0.2, -0.15) is 0 Å². The Morgan fingerprint density at radius 2 is 2.26 bits per heavy atom. The Labute approximate surface area is 110 Å². The summed E-state index contributed by atoms with van der Waals surface area (Å²) >= 11 is 0. The first-order valence-electron chi connectivity index (χ1n) is 5.81. The number of esters is 1. The molecular formula is C13H14N4O2. The fourth-order valence-electron chi connectivity index (χ4n) is 1.50. The molecule has 0 radical (unpaired) electrons. The Kier molecular flexibility index (Phi) is 3.92. The number of nitrogen functional groups attached to an aromatic ring is 1. The van der Waals surface area contributed by atoms with E-state index >= 15 is 0 Å². The van der Waals surface area contributed by atoms with Gasteiger partial charge in [-0.3, -0.25) is 0 Å². The molecule has 1 aromatic carbocycles. The molecule has 19 heavy (non-hydrogen) atoms. The number of nitrogens with zero attached hydrogens (tertiary/aromatic N) is 3. The summed E-state index contributed by atoms with van der Waals surface area (Å²) < 4.78 is 6.20. The van der Waals surface area contributed by atoms with Crippen molar-refractivity contribution in [2.75, 3.05) is 12.3 Å². The first-order valence-corrected chi connectivity index (χ1v) is 5.81. The third-order valence-corrected chi connectivity index (χ3v) is 2.36. The summed E-state index contributed by atoms with van der Waals surface area (Å²) in [5, 5.41) is 4.20. The summed E-state index contributed by atoms with van der Waals surface area (Å²) in [5.41, 5.74) is 7.20. The summed E-state index contributed by atoms with van der Waals surface area (Å²) in [6.45, 7) is 2.09. The number of anilines is 1. The molecule has 2 aromatic rings. The molecular weight excluding hydrogens is 244 g/mol. The summed E-state index contributed by atoms with van der Waals surface area (Å²) in [7, 11) is 0. The van der Waals surface area contributed by atoms with Gasteiger partial charge in [-0.25, -0.2) is 14.5 Å². The van der Waals surface area contributed by atoms with Gasteiger partial charge in [0.1, 0.15) is 6.33 Å². The van der Waals surface area contributed by atoms with Crippen LogP contribution in [-0.4, -0.2) is 27.3 Å². The molecule has 0 saturated carbocycles. The molecule has 6 heteroatoms. The first kappa shape index (κ1) is 12.8. The molecule has 2 N–H and O–H groups in total. The van der Waals surface area contributed by atoms with Crippen LogP contribution in [0.2, 0.25) is 0 Å². The van der Waals surface area contributed by atoms with E-state index in [-0.39, 0.29) is 0 Å². The Hall–Kier alpha value is -2.63. The van der Waals surface area contributed by atoms with Crippen molar-refractivity contribution in [3.8, 4) is 11.4 Å². The second-order valence-corrected chi connectivity index (χ2v) is 3.70. The highest BCUT2D eigenvalue weighted by Crippen LogP contribution is 2.21. The molecule has 0 fully saturated rings. The average Bonchev–Trinajstić information content (AvgIpc) is 2.86. The average molecular weight is 258 g/mol. The molecule has 6 nitrogen and oxygen atoms in total. The first-order chi connectivity index (χ1) is 9.20. The van der Waals surface area contributed by atoms with E-state index in [1.165, 1.54) is 23.3 Å². The zero-order valence-corrected chi connectivity index (χ0v) is 10.5. The van der Waals surface area contributed by atoms with Crippen LogP contribution in [0.3, 0.4) is 0 Å². The van der Waals surface area contributed by atoms with E-state index in [0.29, 0.717) is 18.1 Å². The van der Waals surface area contributed by atoms with Crippen molar-refractivity contribution in [1.29, 1.82) is 0 Å². The summed E-state index contributed by atoms with van der Waals surface area (Å²) in [4.78, 5) is 15.3. The Morgan fingerprint density at radius 1 is 1.47 bits per heavy atom. The zero-order valence-electron chi connectivity index (χ0n) is 10.5. The number of hydrogen-bond acceptors (Lipinski definition) is 5. The lowest BCUT2D eigenvalue weighted by Gasteiger charge is -1.99. The van der Waals surface area contributed by atoms with E-state index < -0.39 is 5.97 Å². The number of para-hydroxylation sites is 1. The minimum Gasteiger partial charge on any atom is -0.463 e. The summed E-state index contributed by atoms with van der Waals surface area (Å²) in [6, 6.07) is 7.33. The van der Waals surface area contributed by atoms with Crippen molar-refractivity contribution >= 4 is 17.9 Å². The molecule has 0 atom stereocenters. The number of rotatable bonds is 4. The van der Waals surface area contributed by atoms with Gasteiger partial charge in [0.15, 0.2) is 5.82 Å². The van der Waals surface area contributed by atoms with Crippen molar-refractivity contribution in [3.05, 3.63) is 36.7 Å². The lowest BCUT2D eigenvalue weighted by molar-refractivity contribution is -0.137. The molecule has 0 spiro atoms. The van der Waals surface area contributed by atoms with Crippen LogP contribution in [0.25, 0.3) is 17.6 Å². The van der Waals surface area contributed by atoms with Crippen LogP contribution in [0.15, 0.2) is 36.7 Å². The number of benzene rings is 1. The molecule has 98 valence electrons. The van der Waals surface area contributed by atoms with Gasteiger partial charge >= 0.3 is 5.97 Å². The van der Waals surface area contributed by atoms with Crippen molar-refractivity contribution in [2.24, 2.45) is 0 Å². The molecule has 0 aliphatic heterocycles. The Balaban J connectivity index is 2.16. The van der Waals surface area contributed by atoms with Gasteiger partial charge in [0.2, 0.25) is 0 Å². The monoisotopic (exact) mass is 258 g/mol. The maximum Gasteiger partial charge on any atom is 0.332 e. The van der Waals surface area contributed by atoms with E-state index in [9.17, 15) is 4.79 Å². The predicted molar refractivity (Wildman–Crippen MR) is 71.8 cm³/mol. The fourth-order valence-corrected chi connectivity index (χ4v) is 1.50. The van der Waals surface area contributed by atoms with Crippen LogP contribution in [0.5, 0.6) is 0 Å². The van der Waals surface area contributed by atoms with Crippen molar-refractivity contribution in [2.45, 2.75) is 6.92 Å². The molecule has 0 saturated heterocycles. The number of ether oxygens (including phenoxy) is 1. The zero-order chi connectivity index (χ0) is 13.7. The standard InChI is InChI=1S/C13H14N4O2/c1-2-19-12(18)7-8-17-9-15-13(16-17)10-5-3-4-6-11(10)14/h3-9H,2,14H2,1H3/b8-7+. The number of aromatic nitrogens is 3. The molecule has 0 aliphatic carbocycles. The van der Waals surface area contributed by atoms with Crippen molar-refractivity contribution in [1.82, 2.24) is 14.8 Å². The van der Waals surface area contributed by atoms with Gasteiger partial charge in [0, 0.05) is 23.5 Å². The predicted octanol–water partition coefficient (Wildman–Crippen LogP) is 1.56. The molecule has 0 bridgehead atoms. The largest absolute Gasteiger partial charge is 0.463 e. The van der Waals surface area contributed by atoms with Gasteiger partial charge in [0.25, 0.3) is 0 Å². The molecule has 0 unspecified atom stereocenters. The van der Waals surface area contributed by atoms with E-state index in [2.05, 4.69) is 10.1 Å². The van der Waals surface area contributed by atoms with E-state index in [1.54, 1.807) is 13.0 Å². The lowest BCUT2D eigenvalue weighted by atomic mass is 10.2. The third-order valence-electron chi connectivity index (χ3n) is 2.36. The Bertz CT molecular complexity index is 604. The Morgan fingerprint density at radius 3 is 3.00 bits per heavy atom. The molecule has 0 aliphatic rings. The second-order valence-electron chi connectivity index (χ2n) is 3.70. The summed E-state index contributed by atoms with van der Waals surface area (Å²) in [6.07, 6.45) is 4.27. The van der Waals surface area contributed by atoms with Gasteiger partial charge < -0.3 is 10.5 Å². The van der Waals surface area contributed by atoms with E-state index in [0.717, 1.165) is 5.56 Å². The SMILES string of the molecule is CCOC(=O)/C=C/n1cnc(-c2ccccc2N)n1. The highest BCUT2D eigenvalue weighted by Gasteiger charge is 2.06. The number of carbonyl (C=O) groups is 1. The smallest absolute Gasteiger partial charge is 0.332 e. The fraction of sp³-hybridized carbons (Fsp3) is 0.154. The van der Waals surface area contributed by atoms with Crippen LogP contribution in [0.1, 0.15) is 6.92 Å². The van der Waals surface area contributed by atoms with Crippen LogP contribution < -0.4 is 5.73 Å². The van der Waals surface area contributed by atoms with Gasteiger partial charge in [-0.15, -0.1) is 5.10 Å². The number of nitrogens with two attached hydrogens (primary N) is 1. The second kappa shape index (κ2) is 5.81. The van der Waals surface area contributed by atoms with Crippen LogP contribution in [0.4, 0.5) is 5.69 Å². The van der Waals surface area contributed by atoms with E-state index in [1.807, 2.05) is 18.2 Å². The minimum absolute atomic E-state index is 0.340. The molecule has 2 rings (SSSR count). The quantitative estimate of drug-likeness (QED) is 0.511. The van der Waals surface area contributed by atoms with E-state index in [4.69, 9.17) is 10.5 Å². The third kappa shape index (κ3) is 3.19. The van der Waals surface area contributed by atoms with Crippen LogP contribution in [-0.2, 0) is 9.53 Å². The van der Waals surface area contributed by atoms with Gasteiger partial charge in [-0.05, 0) is 19.1 Å². The highest BCUT2D eigenvalue weighted by molar-refractivity contribution is 5.84. The van der Waals surface area contributed by atoms with Crippen LogP contribution in [0, 0.1) is 0 Å². The molecule has 0 amide bonds. The number of hydrogen-bond donors (Lipinski definition) is 1. The number of carbonyl (C=O) groups excluding carboxylic acids is 1.